The third-order valence-corrected chi connectivity index (χ3v) is 7.20. The van der Waals surface area contributed by atoms with Crippen molar-refractivity contribution in [3.05, 3.63) is 41.1 Å². The van der Waals surface area contributed by atoms with Gasteiger partial charge in [0.15, 0.2) is 11.3 Å². The average Bonchev–Trinajstić information content (AvgIpc) is 3.49. The molecule has 41 heavy (non-hydrogen) atoms. The molecule has 3 aromatic heterocycles. The molecule has 0 radical (unpaired) electrons. The van der Waals surface area contributed by atoms with Crippen LogP contribution in [0, 0.1) is 5.92 Å². The van der Waals surface area contributed by atoms with Gasteiger partial charge in [-0.3, -0.25) is 4.79 Å². The highest BCUT2D eigenvalue weighted by atomic mass is 19.4. The van der Waals surface area contributed by atoms with E-state index in [0.717, 1.165) is 24.2 Å². The van der Waals surface area contributed by atoms with E-state index in [1.54, 1.807) is 12.3 Å². The number of hydrogen-bond acceptors (Lipinski definition) is 7. The number of carbonyl (C=O) groups excluding carboxylic acids is 2. The van der Waals surface area contributed by atoms with Crippen LogP contribution in [0.5, 0.6) is 0 Å². The summed E-state index contributed by atoms with van der Waals surface area (Å²) >= 11 is 0. The van der Waals surface area contributed by atoms with Gasteiger partial charge >= 0.3 is 12.2 Å². The number of carbonyl (C=O) groups is 2. The van der Waals surface area contributed by atoms with Crippen LogP contribution in [0.3, 0.4) is 0 Å². The van der Waals surface area contributed by atoms with Crippen LogP contribution >= 0.6 is 0 Å². The molecule has 1 unspecified atom stereocenters. The fourth-order valence-electron chi connectivity index (χ4n) is 4.75. The zero-order chi connectivity index (χ0) is 29.2. The van der Waals surface area contributed by atoms with Crippen molar-refractivity contribution in [3.8, 4) is 0 Å². The lowest BCUT2D eigenvalue weighted by atomic mass is 9.97. The fraction of sp³-hybridized carbons (Fsp3) is 0.600. The molecule has 4 heterocycles. The number of halogens is 5. The monoisotopic (exact) mass is 584 g/mol. The number of nitrogens with zero attached hydrogens (tertiary/aromatic N) is 6. The van der Waals surface area contributed by atoms with Crippen LogP contribution < -0.4 is 10.6 Å². The third kappa shape index (κ3) is 7.27. The first-order valence-corrected chi connectivity index (χ1v) is 13.4. The highest BCUT2D eigenvalue weighted by molar-refractivity contribution is 5.93. The minimum atomic E-state index is -4.39. The summed E-state index contributed by atoms with van der Waals surface area (Å²) in [5.74, 6) is -4.16. The second-order valence-electron chi connectivity index (χ2n) is 10.6. The number of amides is 3. The summed E-state index contributed by atoms with van der Waals surface area (Å²) in [5, 5.41) is 16.7. The van der Waals surface area contributed by atoms with Crippen molar-refractivity contribution >= 4 is 17.6 Å². The molecule has 3 amide bonds. The quantitative estimate of drug-likeness (QED) is 0.415. The van der Waals surface area contributed by atoms with Crippen LogP contribution in [-0.4, -0.2) is 66.9 Å². The van der Waals surface area contributed by atoms with Crippen molar-refractivity contribution in [1.82, 2.24) is 40.4 Å². The van der Waals surface area contributed by atoms with E-state index in [4.69, 9.17) is 4.63 Å². The summed E-state index contributed by atoms with van der Waals surface area (Å²) in [6, 6.07) is 1.07. The molecule has 2 N–H and O–H groups in total. The molecule has 0 spiro atoms. The number of urea groups is 1. The standard InChI is InChI=1S/C19H19F3N8O3.C6H10F2/c20-19(21,22)12-5-24-18(32)29(8-12)7-10-3-14-26-13(9-30(14)25-4-10)6-23-17(31)16-15(11-1-2-11)27-33-28-16;7-6(8)4-2-1-3-5-6/h3-4,9,11-12H,1-2,5-8H2,(H,23,31)(H,24,32);1-5H2. The minimum Gasteiger partial charge on any atom is -0.345 e. The van der Waals surface area contributed by atoms with Crippen molar-refractivity contribution in [2.75, 3.05) is 13.1 Å². The molecule has 1 aliphatic heterocycles. The molecule has 1 saturated heterocycles. The first-order chi connectivity index (χ1) is 19.5. The molecule has 2 aliphatic carbocycles. The lowest BCUT2D eigenvalue weighted by Gasteiger charge is -2.34. The molecule has 3 aromatic rings. The van der Waals surface area contributed by atoms with E-state index in [0.29, 0.717) is 35.4 Å². The summed E-state index contributed by atoms with van der Waals surface area (Å²) in [5.41, 5.74) is 2.21. The zero-order valence-corrected chi connectivity index (χ0v) is 22.0. The van der Waals surface area contributed by atoms with Crippen molar-refractivity contribution in [1.29, 1.82) is 0 Å². The maximum atomic E-state index is 13.0. The summed E-state index contributed by atoms with van der Waals surface area (Å²) in [7, 11) is 0. The van der Waals surface area contributed by atoms with Gasteiger partial charge in [-0.2, -0.15) is 18.3 Å². The highest BCUT2D eigenvalue weighted by Crippen LogP contribution is 2.40. The Kier molecular flexibility index (Phi) is 8.09. The average molecular weight is 585 g/mol. The Morgan fingerprint density at radius 2 is 1.93 bits per heavy atom. The van der Waals surface area contributed by atoms with Crippen LogP contribution in [0.1, 0.15) is 78.3 Å². The van der Waals surface area contributed by atoms with Gasteiger partial charge in [0.25, 0.3) is 5.91 Å². The molecule has 11 nitrogen and oxygen atoms in total. The smallest absolute Gasteiger partial charge is 0.345 e. The summed E-state index contributed by atoms with van der Waals surface area (Å²) in [6.45, 7) is -0.787. The summed E-state index contributed by atoms with van der Waals surface area (Å²) in [4.78, 5) is 29.9. The van der Waals surface area contributed by atoms with Crippen LogP contribution in [0.15, 0.2) is 23.1 Å². The maximum Gasteiger partial charge on any atom is 0.395 e. The number of hydrogen-bond donors (Lipinski definition) is 2. The van der Waals surface area contributed by atoms with Crippen LogP contribution in [0.25, 0.3) is 5.65 Å². The largest absolute Gasteiger partial charge is 0.395 e. The van der Waals surface area contributed by atoms with Crippen molar-refractivity contribution < 1.29 is 36.2 Å². The molecule has 0 aromatic carbocycles. The first kappa shape index (κ1) is 28.7. The Balaban J connectivity index is 0.000000365. The van der Waals surface area contributed by atoms with Crippen LogP contribution in [0.4, 0.5) is 26.7 Å². The second-order valence-corrected chi connectivity index (χ2v) is 10.6. The molecule has 2 saturated carbocycles. The first-order valence-electron chi connectivity index (χ1n) is 13.4. The van der Waals surface area contributed by atoms with Gasteiger partial charge in [-0.1, -0.05) is 11.6 Å². The highest BCUT2D eigenvalue weighted by Gasteiger charge is 2.43. The predicted molar refractivity (Wildman–Crippen MR) is 132 cm³/mol. The zero-order valence-electron chi connectivity index (χ0n) is 22.0. The Bertz CT molecular complexity index is 1380. The van der Waals surface area contributed by atoms with Gasteiger partial charge in [-0.25, -0.2) is 27.7 Å². The summed E-state index contributed by atoms with van der Waals surface area (Å²) < 4.78 is 69.7. The Morgan fingerprint density at radius 1 is 1.17 bits per heavy atom. The number of rotatable bonds is 6. The topological polar surface area (TPSA) is 131 Å². The van der Waals surface area contributed by atoms with E-state index in [2.05, 4.69) is 31.0 Å². The Hall–Kier alpha value is -3.85. The molecule has 0 bridgehead atoms. The Labute approximate surface area is 230 Å². The number of imidazole rings is 1. The fourth-order valence-corrected chi connectivity index (χ4v) is 4.75. The lowest BCUT2D eigenvalue weighted by Crippen LogP contribution is -2.54. The minimum absolute atomic E-state index is 0.0378. The third-order valence-electron chi connectivity index (χ3n) is 7.20. The predicted octanol–water partition coefficient (Wildman–Crippen LogP) is 4.21. The SMILES string of the molecule is FC1(F)CCCCC1.O=C(NCc1cn2ncc(CN3CC(C(F)(F)F)CNC3=O)cc2n1)c1nonc1C1CC1. The van der Waals surface area contributed by atoms with E-state index < -0.39 is 43.0 Å². The van der Waals surface area contributed by atoms with Crippen LogP contribution in [0.2, 0.25) is 0 Å². The number of aromatic nitrogens is 5. The van der Waals surface area contributed by atoms with E-state index >= 15 is 0 Å². The molecule has 3 fully saturated rings. The van der Waals surface area contributed by atoms with Gasteiger partial charge in [0.05, 0.1) is 30.6 Å². The van der Waals surface area contributed by atoms with E-state index in [-0.39, 0.29) is 37.5 Å². The van der Waals surface area contributed by atoms with Gasteiger partial charge < -0.3 is 15.5 Å². The van der Waals surface area contributed by atoms with Gasteiger partial charge in [0.1, 0.15) is 5.69 Å². The molecular formula is C25H29F5N8O3. The lowest BCUT2D eigenvalue weighted by molar-refractivity contribution is -0.178. The number of alkyl halides is 5. The number of nitrogens with one attached hydrogen (secondary N) is 2. The molecule has 16 heteroatoms. The molecule has 6 rings (SSSR count). The van der Waals surface area contributed by atoms with Crippen LogP contribution in [-0.2, 0) is 13.1 Å². The Morgan fingerprint density at radius 3 is 2.59 bits per heavy atom. The number of fused-ring (bicyclic) bond motifs is 1. The van der Waals surface area contributed by atoms with E-state index in [1.165, 1.54) is 10.7 Å². The van der Waals surface area contributed by atoms with Gasteiger partial charge in [-0.05, 0) is 42.5 Å². The van der Waals surface area contributed by atoms with E-state index in [1.807, 2.05) is 0 Å². The van der Waals surface area contributed by atoms with E-state index in [9.17, 15) is 31.5 Å². The van der Waals surface area contributed by atoms with Crippen molar-refractivity contribution in [3.63, 3.8) is 0 Å². The van der Waals surface area contributed by atoms with Gasteiger partial charge in [-0.15, -0.1) is 0 Å². The summed E-state index contributed by atoms with van der Waals surface area (Å²) in [6.07, 6.45) is 3.25. The normalized spacial score (nSPS) is 20.8. The maximum absolute atomic E-state index is 13.0. The van der Waals surface area contributed by atoms with Gasteiger partial charge in [0.2, 0.25) is 5.92 Å². The molecule has 222 valence electrons. The molecular weight excluding hydrogens is 555 g/mol. The van der Waals surface area contributed by atoms with Crippen molar-refractivity contribution in [2.24, 2.45) is 5.92 Å². The second kappa shape index (κ2) is 11.6. The van der Waals surface area contributed by atoms with Gasteiger partial charge in [0, 0.05) is 38.4 Å². The van der Waals surface area contributed by atoms with Crippen molar-refractivity contribution in [2.45, 2.75) is 76.1 Å². The molecule has 3 aliphatic rings. The molecule has 1 atom stereocenters.